The van der Waals surface area contributed by atoms with Crippen LogP contribution in [0.5, 0.6) is 0 Å². The number of aryl methyl sites for hydroxylation is 1. The largest absolute Gasteiger partial charge is 0.338 e. The van der Waals surface area contributed by atoms with Crippen LogP contribution in [0.25, 0.3) is 0 Å². The van der Waals surface area contributed by atoms with Crippen LogP contribution in [-0.4, -0.2) is 19.7 Å². The molecule has 0 aliphatic carbocycles. The highest BCUT2D eigenvalue weighted by Crippen LogP contribution is 2.27. The van der Waals surface area contributed by atoms with E-state index in [1.165, 1.54) is 23.3 Å². The Kier molecular flexibility index (Phi) is 5.59. The van der Waals surface area contributed by atoms with Crippen LogP contribution in [0.4, 0.5) is 15.9 Å². The number of pyridine rings is 1. The van der Waals surface area contributed by atoms with E-state index in [1.807, 2.05) is 0 Å². The molecule has 1 heterocycles. The topological polar surface area (TPSA) is 59.1 Å². The maximum atomic E-state index is 14.3. The van der Waals surface area contributed by atoms with Gasteiger partial charge in [0.05, 0.1) is 10.6 Å². The number of halogens is 1. The number of hydrogen-bond donors (Lipinski definition) is 1. The number of aromatic nitrogens is 1. The molecule has 130 valence electrons. The van der Waals surface area contributed by atoms with Crippen molar-refractivity contribution in [1.82, 2.24) is 4.98 Å². The summed E-state index contributed by atoms with van der Waals surface area (Å²) in [6.45, 7) is 6.22. The summed E-state index contributed by atoms with van der Waals surface area (Å²) in [5, 5.41) is 3.02. The maximum Gasteiger partial charge on any atom is 0.175 e. The van der Waals surface area contributed by atoms with E-state index in [0.29, 0.717) is 5.82 Å². The van der Waals surface area contributed by atoms with Crippen LogP contribution in [0.1, 0.15) is 37.0 Å². The molecule has 1 aromatic carbocycles. The second-order valence-electron chi connectivity index (χ2n) is 5.88. The van der Waals surface area contributed by atoms with Gasteiger partial charge in [0.25, 0.3) is 0 Å². The van der Waals surface area contributed by atoms with Crippen LogP contribution < -0.4 is 5.32 Å². The fourth-order valence-corrected chi connectivity index (χ4v) is 3.30. The van der Waals surface area contributed by atoms with Crippen LogP contribution >= 0.6 is 0 Å². The molecule has 2 aromatic rings. The number of anilines is 2. The van der Waals surface area contributed by atoms with Gasteiger partial charge >= 0.3 is 0 Å². The third-order valence-electron chi connectivity index (χ3n) is 4.07. The lowest BCUT2D eigenvalue weighted by atomic mass is 9.99. The van der Waals surface area contributed by atoms with Crippen LogP contribution in [0.2, 0.25) is 0 Å². The Morgan fingerprint density at radius 1 is 1.25 bits per heavy atom. The highest BCUT2D eigenvalue weighted by Gasteiger charge is 2.14. The van der Waals surface area contributed by atoms with E-state index < -0.39 is 15.7 Å². The molecule has 0 spiro atoms. The Labute approximate surface area is 143 Å². The summed E-state index contributed by atoms with van der Waals surface area (Å²) in [6, 6.07) is 3.87. The predicted molar refractivity (Wildman–Crippen MR) is 95.1 cm³/mol. The normalized spacial score (nSPS) is 11.5. The summed E-state index contributed by atoms with van der Waals surface area (Å²) in [5.74, 6) is 0.0111. The van der Waals surface area contributed by atoms with Crippen molar-refractivity contribution in [3.05, 3.63) is 46.9 Å². The van der Waals surface area contributed by atoms with Crippen molar-refractivity contribution in [2.45, 2.75) is 44.9 Å². The van der Waals surface area contributed by atoms with Crippen LogP contribution in [0, 0.1) is 12.7 Å². The first-order valence-electron chi connectivity index (χ1n) is 8.01. The second-order valence-corrected chi connectivity index (χ2v) is 7.89. The van der Waals surface area contributed by atoms with Crippen molar-refractivity contribution in [2.24, 2.45) is 0 Å². The number of sulfone groups is 1. The van der Waals surface area contributed by atoms with Gasteiger partial charge in [-0.25, -0.2) is 17.8 Å². The van der Waals surface area contributed by atoms with Gasteiger partial charge in [0, 0.05) is 12.5 Å². The molecule has 24 heavy (non-hydrogen) atoms. The fraction of sp³-hybridized carbons (Fsp3) is 0.389. The summed E-state index contributed by atoms with van der Waals surface area (Å²) in [4.78, 5) is 4.40. The van der Waals surface area contributed by atoms with Crippen molar-refractivity contribution in [3.63, 3.8) is 0 Å². The third-order valence-corrected chi connectivity index (χ3v) is 5.18. The van der Waals surface area contributed by atoms with Crippen molar-refractivity contribution >= 4 is 21.3 Å². The predicted octanol–water partition coefficient (Wildman–Crippen LogP) is 4.19. The number of nitrogens with one attached hydrogen (secondary N) is 1. The molecular weight excluding hydrogens is 327 g/mol. The first-order valence-corrected chi connectivity index (χ1v) is 9.91. The molecule has 0 atom stereocenters. The smallest absolute Gasteiger partial charge is 0.175 e. The number of nitrogens with zero attached hydrogens (tertiary/aromatic N) is 1. The van der Waals surface area contributed by atoms with Crippen LogP contribution in [0.15, 0.2) is 29.3 Å². The molecule has 0 unspecified atom stereocenters. The average Bonchev–Trinajstić information content (AvgIpc) is 2.51. The van der Waals surface area contributed by atoms with E-state index in [4.69, 9.17) is 0 Å². The Morgan fingerprint density at radius 3 is 2.50 bits per heavy atom. The zero-order chi connectivity index (χ0) is 17.9. The first-order chi connectivity index (χ1) is 11.3. The minimum absolute atomic E-state index is 0.0372. The summed E-state index contributed by atoms with van der Waals surface area (Å²) in [5.41, 5.74) is 3.64. The second kappa shape index (κ2) is 7.30. The first kappa shape index (κ1) is 18.4. The molecule has 0 bridgehead atoms. The Balaban J connectivity index is 2.43. The molecule has 1 N–H and O–H groups in total. The molecule has 6 heteroatoms. The van der Waals surface area contributed by atoms with Crippen molar-refractivity contribution < 1.29 is 12.8 Å². The van der Waals surface area contributed by atoms with Gasteiger partial charge in [0.15, 0.2) is 9.84 Å². The van der Waals surface area contributed by atoms with Gasteiger partial charge < -0.3 is 5.32 Å². The summed E-state index contributed by atoms with van der Waals surface area (Å²) < 4.78 is 37.3. The van der Waals surface area contributed by atoms with Crippen LogP contribution in [0.3, 0.4) is 0 Å². The molecule has 1 aromatic heterocycles. The van der Waals surface area contributed by atoms with E-state index in [2.05, 4.69) is 31.1 Å². The van der Waals surface area contributed by atoms with Crippen molar-refractivity contribution in [3.8, 4) is 0 Å². The molecular formula is C18H23FN2O2S. The van der Waals surface area contributed by atoms with Gasteiger partial charge in [-0.3, -0.25) is 0 Å². The lowest BCUT2D eigenvalue weighted by Gasteiger charge is -2.16. The molecule has 0 amide bonds. The standard InChI is InChI=1S/C18H23FN2O2S/c1-5-7-15-12(3)13(6-2)11-20-18(15)21-17-9-8-14(10-16(17)19)24(4,22)23/h8-11H,5-7H2,1-4H3,(H,20,21). The molecule has 0 aliphatic rings. The van der Waals surface area contributed by atoms with Gasteiger partial charge in [0.2, 0.25) is 0 Å². The third kappa shape index (κ3) is 3.93. The van der Waals surface area contributed by atoms with E-state index in [9.17, 15) is 12.8 Å². The summed E-state index contributed by atoms with van der Waals surface area (Å²) in [7, 11) is -3.43. The van der Waals surface area contributed by atoms with Crippen molar-refractivity contribution in [2.75, 3.05) is 11.6 Å². The number of rotatable bonds is 6. The molecule has 0 saturated carbocycles. The maximum absolute atomic E-state index is 14.3. The summed E-state index contributed by atoms with van der Waals surface area (Å²) >= 11 is 0. The molecule has 4 nitrogen and oxygen atoms in total. The van der Waals surface area contributed by atoms with Gasteiger partial charge in [-0.05, 0) is 54.7 Å². The van der Waals surface area contributed by atoms with E-state index in [-0.39, 0.29) is 10.6 Å². The zero-order valence-corrected chi connectivity index (χ0v) is 15.3. The van der Waals surface area contributed by atoms with Crippen LogP contribution in [-0.2, 0) is 22.7 Å². The quantitative estimate of drug-likeness (QED) is 0.848. The molecule has 0 fully saturated rings. The zero-order valence-electron chi connectivity index (χ0n) is 14.5. The monoisotopic (exact) mass is 350 g/mol. The summed E-state index contributed by atoms with van der Waals surface area (Å²) in [6.07, 6.45) is 5.56. The van der Waals surface area contributed by atoms with E-state index in [1.54, 1.807) is 6.20 Å². The van der Waals surface area contributed by atoms with E-state index in [0.717, 1.165) is 37.1 Å². The Morgan fingerprint density at radius 2 is 1.96 bits per heavy atom. The lowest BCUT2D eigenvalue weighted by Crippen LogP contribution is -2.06. The number of benzene rings is 1. The highest BCUT2D eigenvalue weighted by atomic mass is 32.2. The SMILES string of the molecule is CCCc1c(Nc2ccc(S(C)(=O)=O)cc2F)ncc(CC)c1C. The minimum Gasteiger partial charge on any atom is -0.338 e. The number of hydrogen-bond acceptors (Lipinski definition) is 4. The fourth-order valence-electron chi connectivity index (χ4n) is 2.66. The minimum atomic E-state index is -3.43. The Hall–Kier alpha value is -1.95. The van der Waals surface area contributed by atoms with Gasteiger partial charge in [-0.1, -0.05) is 20.3 Å². The van der Waals surface area contributed by atoms with E-state index >= 15 is 0 Å². The van der Waals surface area contributed by atoms with Gasteiger partial charge in [0.1, 0.15) is 11.6 Å². The van der Waals surface area contributed by atoms with Crippen molar-refractivity contribution in [1.29, 1.82) is 0 Å². The molecule has 0 saturated heterocycles. The van der Waals surface area contributed by atoms with Gasteiger partial charge in [-0.15, -0.1) is 0 Å². The Bertz CT molecular complexity index is 848. The molecule has 0 radical (unpaired) electrons. The molecule has 2 rings (SSSR count). The van der Waals surface area contributed by atoms with Gasteiger partial charge in [-0.2, -0.15) is 0 Å². The highest BCUT2D eigenvalue weighted by molar-refractivity contribution is 7.90. The molecule has 0 aliphatic heterocycles. The average molecular weight is 350 g/mol. The lowest BCUT2D eigenvalue weighted by molar-refractivity contribution is 0.596.